The molecular weight excluding hydrogens is 453 g/mol. The summed E-state index contributed by atoms with van der Waals surface area (Å²) in [5.74, 6) is -0.566. The standard InChI is InChI=1S/C21H17BrClNO3.Na/c22-16-7-5-15-6-9-17(24-19(15)13-16)8-3-14-4-10-18(23)20(12-14)27-11-1-2-21(25)26;/h3-10,12-13H,1-2,11H2,(H,25,26);/q;+1/p-1/b8-3+;. The second-order valence-electron chi connectivity index (χ2n) is 5.92. The van der Waals surface area contributed by atoms with Gasteiger partial charge in [-0.1, -0.05) is 51.8 Å². The maximum absolute atomic E-state index is 10.4. The maximum Gasteiger partial charge on any atom is 1.00 e. The van der Waals surface area contributed by atoms with E-state index >= 15 is 0 Å². The molecule has 0 amide bonds. The maximum atomic E-state index is 10.4. The summed E-state index contributed by atoms with van der Waals surface area (Å²) in [6, 6.07) is 15.4. The van der Waals surface area contributed by atoms with Crippen molar-refractivity contribution in [2.45, 2.75) is 12.8 Å². The predicted molar refractivity (Wildman–Crippen MR) is 110 cm³/mol. The summed E-state index contributed by atoms with van der Waals surface area (Å²) < 4.78 is 6.56. The first-order valence-electron chi connectivity index (χ1n) is 8.38. The van der Waals surface area contributed by atoms with E-state index in [1.165, 1.54) is 0 Å². The third kappa shape index (κ3) is 6.61. The van der Waals surface area contributed by atoms with E-state index < -0.39 is 5.97 Å². The summed E-state index contributed by atoms with van der Waals surface area (Å²) in [7, 11) is 0. The predicted octanol–water partition coefficient (Wildman–Crippen LogP) is 1.73. The van der Waals surface area contributed by atoms with E-state index in [1.807, 2.05) is 54.6 Å². The van der Waals surface area contributed by atoms with Crippen LogP contribution in [0.5, 0.6) is 5.75 Å². The van der Waals surface area contributed by atoms with Crippen molar-refractivity contribution in [2.75, 3.05) is 6.61 Å². The summed E-state index contributed by atoms with van der Waals surface area (Å²) in [6.07, 6.45) is 4.18. The Morgan fingerprint density at radius 1 is 1.14 bits per heavy atom. The number of rotatable bonds is 7. The normalized spacial score (nSPS) is 10.8. The van der Waals surface area contributed by atoms with Gasteiger partial charge in [-0.15, -0.1) is 0 Å². The average molecular weight is 469 g/mol. The first-order chi connectivity index (χ1) is 13.0. The number of carbonyl (C=O) groups is 1. The fourth-order valence-corrected chi connectivity index (χ4v) is 3.03. The second kappa shape index (κ2) is 11.0. The molecule has 1 aromatic heterocycles. The molecule has 0 bridgehead atoms. The van der Waals surface area contributed by atoms with Gasteiger partial charge in [0, 0.05) is 15.8 Å². The molecule has 3 aromatic rings. The van der Waals surface area contributed by atoms with Gasteiger partial charge in [-0.3, -0.25) is 0 Å². The van der Waals surface area contributed by atoms with Gasteiger partial charge in [0.2, 0.25) is 0 Å². The summed E-state index contributed by atoms with van der Waals surface area (Å²) in [5.41, 5.74) is 2.66. The van der Waals surface area contributed by atoms with Crippen LogP contribution in [0.2, 0.25) is 5.02 Å². The number of fused-ring (bicyclic) bond motifs is 1. The molecule has 0 N–H and O–H groups in total. The molecule has 0 atom stereocenters. The van der Waals surface area contributed by atoms with Crippen molar-refractivity contribution < 1.29 is 44.2 Å². The Hall–Kier alpha value is -1.37. The fourth-order valence-electron chi connectivity index (χ4n) is 2.51. The van der Waals surface area contributed by atoms with Gasteiger partial charge in [0.25, 0.3) is 0 Å². The quantitative estimate of drug-likeness (QED) is 0.391. The number of carbonyl (C=O) groups excluding carboxylic acids is 1. The largest absolute Gasteiger partial charge is 1.00 e. The van der Waals surface area contributed by atoms with E-state index in [0.29, 0.717) is 17.2 Å². The molecule has 0 aliphatic carbocycles. The summed E-state index contributed by atoms with van der Waals surface area (Å²) in [6.45, 7) is 0.266. The molecule has 0 saturated carbocycles. The Bertz CT molecular complexity index is 1010. The zero-order valence-corrected chi connectivity index (χ0v) is 19.7. The van der Waals surface area contributed by atoms with Crippen LogP contribution < -0.4 is 39.4 Å². The molecule has 0 saturated heterocycles. The molecule has 1 heterocycles. The number of halogens is 2. The minimum Gasteiger partial charge on any atom is -0.550 e. The Balaban J connectivity index is 0.00000280. The van der Waals surface area contributed by atoms with E-state index in [9.17, 15) is 9.90 Å². The molecule has 7 heteroatoms. The fraction of sp³-hybridized carbons (Fsp3) is 0.143. The Morgan fingerprint density at radius 2 is 1.93 bits per heavy atom. The Morgan fingerprint density at radius 3 is 2.71 bits per heavy atom. The smallest absolute Gasteiger partial charge is 0.550 e. The van der Waals surface area contributed by atoms with Gasteiger partial charge < -0.3 is 14.6 Å². The van der Waals surface area contributed by atoms with Crippen molar-refractivity contribution >= 4 is 56.6 Å². The van der Waals surface area contributed by atoms with Crippen LogP contribution in [-0.4, -0.2) is 17.6 Å². The molecule has 3 rings (SSSR count). The Labute approximate surface area is 199 Å². The van der Waals surface area contributed by atoms with Gasteiger partial charge >= 0.3 is 29.6 Å². The number of aromatic nitrogens is 1. The summed E-state index contributed by atoms with van der Waals surface area (Å²) >= 11 is 9.60. The van der Waals surface area contributed by atoms with Crippen LogP contribution in [0.3, 0.4) is 0 Å². The summed E-state index contributed by atoms with van der Waals surface area (Å²) in [4.78, 5) is 15.1. The number of carboxylic acids is 1. The zero-order valence-electron chi connectivity index (χ0n) is 15.3. The van der Waals surface area contributed by atoms with Gasteiger partial charge in [-0.25, -0.2) is 4.98 Å². The third-order valence-corrected chi connectivity index (χ3v) is 4.67. The molecule has 2 aromatic carbocycles. The van der Waals surface area contributed by atoms with Crippen molar-refractivity contribution in [3.8, 4) is 5.75 Å². The SMILES string of the molecule is O=C([O-])CCCOc1cc(/C=C/c2ccc3ccc(Br)cc3n2)ccc1Cl.[Na+]. The van der Waals surface area contributed by atoms with Crippen molar-refractivity contribution in [2.24, 2.45) is 0 Å². The zero-order chi connectivity index (χ0) is 19.2. The number of ether oxygens (including phenoxy) is 1. The molecule has 138 valence electrons. The molecule has 4 nitrogen and oxygen atoms in total. The van der Waals surface area contributed by atoms with Gasteiger partial charge in [0.1, 0.15) is 5.75 Å². The molecule has 0 radical (unpaired) electrons. The van der Waals surface area contributed by atoms with Crippen LogP contribution in [-0.2, 0) is 4.79 Å². The van der Waals surface area contributed by atoms with Crippen molar-refractivity contribution in [1.29, 1.82) is 0 Å². The number of benzene rings is 2. The third-order valence-electron chi connectivity index (χ3n) is 3.86. The van der Waals surface area contributed by atoms with E-state index in [1.54, 1.807) is 6.07 Å². The van der Waals surface area contributed by atoms with Crippen LogP contribution >= 0.6 is 27.5 Å². The van der Waals surface area contributed by atoms with Crippen molar-refractivity contribution in [1.82, 2.24) is 4.98 Å². The van der Waals surface area contributed by atoms with Crippen molar-refractivity contribution in [3.63, 3.8) is 0 Å². The van der Waals surface area contributed by atoms with Gasteiger partial charge in [0.15, 0.2) is 0 Å². The monoisotopic (exact) mass is 467 g/mol. The van der Waals surface area contributed by atoms with Crippen LogP contribution in [0.1, 0.15) is 24.1 Å². The average Bonchev–Trinajstić information content (AvgIpc) is 2.64. The van der Waals surface area contributed by atoms with Crippen LogP contribution in [0.4, 0.5) is 0 Å². The van der Waals surface area contributed by atoms with Crippen molar-refractivity contribution in [3.05, 3.63) is 69.3 Å². The summed E-state index contributed by atoms with van der Waals surface area (Å²) in [5, 5.41) is 12.0. The first kappa shape index (κ1) is 22.9. The van der Waals surface area contributed by atoms with Crippen LogP contribution in [0, 0.1) is 0 Å². The van der Waals surface area contributed by atoms with Gasteiger partial charge in [-0.05, 0) is 54.8 Å². The second-order valence-corrected chi connectivity index (χ2v) is 7.24. The Kier molecular flexibility index (Phi) is 8.99. The molecule has 0 unspecified atom stereocenters. The molecule has 0 fully saturated rings. The van der Waals surface area contributed by atoms with Gasteiger partial charge in [0.05, 0.1) is 22.8 Å². The number of aliphatic carboxylic acids is 1. The number of hydrogen-bond acceptors (Lipinski definition) is 4. The molecule has 28 heavy (non-hydrogen) atoms. The van der Waals surface area contributed by atoms with E-state index in [0.717, 1.165) is 26.6 Å². The minimum absolute atomic E-state index is 0. The number of pyridine rings is 1. The molecule has 0 spiro atoms. The van der Waals surface area contributed by atoms with E-state index in [4.69, 9.17) is 16.3 Å². The van der Waals surface area contributed by atoms with Crippen LogP contribution in [0.15, 0.2) is 53.0 Å². The van der Waals surface area contributed by atoms with E-state index in [2.05, 4.69) is 20.9 Å². The van der Waals surface area contributed by atoms with Gasteiger partial charge in [-0.2, -0.15) is 0 Å². The molecular formula is C21H16BrClNNaO3. The number of carboxylic acid groups (broad SMARTS) is 1. The minimum atomic E-state index is -1.09. The van der Waals surface area contributed by atoms with E-state index in [-0.39, 0.29) is 42.6 Å². The first-order valence-corrected chi connectivity index (χ1v) is 9.55. The topological polar surface area (TPSA) is 62.2 Å². The molecule has 0 aliphatic rings. The van der Waals surface area contributed by atoms with Crippen LogP contribution in [0.25, 0.3) is 23.1 Å². The number of nitrogens with zero attached hydrogens (tertiary/aromatic N) is 1. The molecule has 0 aliphatic heterocycles. The number of hydrogen-bond donors (Lipinski definition) is 0.